The molecule has 18 heavy (non-hydrogen) atoms. The number of hydrogen-bond acceptors (Lipinski definition) is 3. The highest BCUT2D eigenvalue weighted by Crippen LogP contribution is 2.22. The summed E-state index contributed by atoms with van der Waals surface area (Å²) < 4.78 is 0. The van der Waals surface area contributed by atoms with E-state index in [9.17, 15) is 9.59 Å². The molecule has 2 aromatic rings. The molecule has 1 unspecified atom stereocenters. The highest BCUT2D eigenvalue weighted by molar-refractivity contribution is 5.74. The van der Waals surface area contributed by atoms with Gasteiger partial charge in [-0.3, -0.25) is 9.59 Å². The Kier molecular flexibility index (Phi) is 3.34. The second-order valence-corrected chi connectivity index (χ2v) is 4.72. The van der Waals surface area contributed by atoms with Gasteiger partial charge in [-0.2, -0.15) is 0 Å². The summed E-state index contributed by atoms with van der Waals surface area (Å²) in [6.07, 6.45) is 0. The van der Waals surface area contributed by atoms with Crippen LogP contribution in [0, 0.1) is 5.92 Å². The Hall–Kier alpha value is -1.88. The van der Waals surface area contributed by atoms with E-state index < -0.39 is 11.1 Å². The van der Waals surface area contributed by atoms with Crippen molar-refractivity contribution >= 4 is 11.0 Å². The number of nitrogens with one attached hydrogen (secondary N) is 3. The number of benzene rings is 1. The van der Waals surface area contributed by atoms with Crippen LogP contribution in [0.25, 0.3) is 11.0 Å². The summed E-state index contributed by atoms with van der Waals surface area (Å²) in [6.45, 7) is 4.25. The lowest BCUT2D eigenvalue weighted by atomic mass is 9.96. The molecular formula is C13H17N3O2. The first-order valence-corrected chi connectivity index (χ1v) is 5.96. The summed E-state index contributed by atoms with van der Waals surface area (Å²) >= 11 is 0. The highest BCUT2D eigenvalue weighted by Gasteiger charge is 2.14. The van der Waals surface area contributed by atoms with Crippen LogP contribution in [-0.4, -0.2) is 17.0 Å². The van der Waals surface area contributed by atoms with Gasteiger partial charge in [-0.1, -0.05) is 19.9 Å². The van der Waals surface area contributed by atoms with Crippen LogP contribution >= 0.6 is 0 Å². The normalized spacial score (nSPS) is 13.1. The zero-order valence-corrected chi connectivity index (χ0v) is 10.7. The third-order valence-electron chi connectivity index (χ3n) is 3.08. The van der Waals surface area contributed by atoms with E-state index in [2.05, 4.69) is 29.1 Å². The monoisotopic (exact) mass is 247 g/mol. The molecule has 0 aliphatic carbocycles. The van der Waals surface area contributed by atoms with Gasteiger partial charge >= 0.3 is 11.1 Å². The minimum atomic E-state index is -0.621. The van der Waals surface area contributed by atoms with Crippen LogP contribution < -0.4 is 16.4 Å². The maximum atomic E-state index is 11.3. The third kappa shape index (κ3) is 2.22. The van der Waals surface area contributed by atoms with Gasteiger partial charge in [-0.25, -0.2) is 0 Å². The summed E-state index contributed by atoms with van der Waals surface area (Å²) in [5, 5.41) is 3.24. The van der Waals surface area contributed by atoms with Crippen molar-refractivity contribution in [3.8, 4) is 0 Å². The molecule has 0 saturated heterocycles. The van der Waals surface area contributed by atoms with Crippen LogP contribution in [0.5, 0.6) is 0 Å². The highest BCUT2D eigenvalue weighted by atomic mass is 16.2. The Labute approximate surface area is 104 Å². The van der Waals surface area contributed by atoms with E-state index in [0.717, 1.165) is 5.56 Å². The van der Waals surface area contributed by atoms with Gasteiger partial charge in [0.25, 0.3) is 0 Å². The minimum Gasteiger partial charge on any atom is -0.316 e. The number of rotatable bonds is 3. The first-order valence-electron chi connectivity index (χ1n) is 5.96. The SMILES string of the molecule is CNC(c1ccc2[nH]c(=O)c(=O)[nH]c2c1)C(C)C. The van der Waals surface area contributed by atoms with E-state index in [-0.39, 0.29) is 6.04 Å². The number of aromatic nitrogens is 2. The van der Waals surface area contributed by atoms with E-state index in [0.29, 0.717) is 17.0 Å². The molecule has 2 rings (SSSR count). The van der Waals surface area contributed by atoms with Crippen molar-refractivity contribution in [3.63, 3.8) is 0 Å². The quantitative estimate of drug-likeness (QED) is 0.711. The zero-order chi connectivity index (χ0) is 13.3. The predicted octanol–water partition coefficient (Wildman–Crippen LogP) is 1.13. The second kappa shape index (κ2) is 4.78. The first kappa shape index (κ1) is 12.6. The van der Waals surface area contributed by atoms with E-state index >= 15 is 0 Å². The molecule has 3 N–H and O–H groups in total. The number of fused-ring (bicyclic) bond motifs is 1. The predicted molar refractivity (Wildman–Crippen MR) is 71.8 cm³/mol. The average Bonchev–Trinajstić information content (AvgIpc) is 2.31. The molecule has 0 spiro atoms. The fraction of sp³-hybridized carbons (Fsp3) is 0.385. The van der Waals surface area contributed by atoms with Crippen molar-refractivity contribution in [2.45, 2.75) is 19.9 Å². The van der Waals surface area contributed by atoms with Crippen LogP contribution in [-0.2, 0) is 0 Å². The maximum absolute atomic E-state index is 11.3. The molecule has 1 aromatic heterocycles. The zero-order valence-electron chi connectivity index (χ0n) is 10.7. The standard InChI is InChI=1S/C13H17N3O2/c1-7(2)11(14-3)8-4-5-9-10(6-8)16-13(18)12(17)15-9/h4-7,11,14H,1-3H3,(H,15,17)(H,16,18). The summed E-state index contributed by atoms with van der Waals surface area (Å²) in [4.78, 5) is 27.6. The second-order valence-electron chi connectivity index (χ2n) is 4.72. The maximum Gasteiger partial charge on any atom is 0.314 e. The van der Waals surface area contributed by atoms with Gasteiger partial charge in [0.15, 0.2) is 0 Å². The number of H-pyrrole nitrogens is 2. The molecule has 0 fully saturated rings. The van der Waals surface area contributed by atoms with Crippen molar-refractivity contribution in [1.82, 2.24) is 15.3 Å². The molecule has 0 aliphatic heterocycles. The molecule has 0 amide bonds. The van der Waals surface area contributed by atoms with Gasteiger partial charge in [0.2, 0.25) is 0 Å². The summed E-state index contributed by atoms with van der Waals surface area (Å²) in [5.41, 5.74) is 1.14. The van der Waals surface area contributed by atoms with Crippen LogP contribution in [0.2, 0.25) is 0 Å². The first-order chi connectivity index (χ1) is 8.52. The third-order valence-corrected chi connectivity index (χ3v) is 3.08. The number of aromatic amines is 2. The summed E-state index contributed by atoms with van der Waals surface area (Å²) in [5.74, 6) is 0.432. The van der Waals surface area contributed by atoms with Crippen molar-refractivity contribution in [1.29, 1.82) is 0 Å². The largest absolute Gasteiger partial charge is 0.316 e. The van der Waals surface area contributed by atoms with E-state index in [1.807, 2.05) is 25.2 Å². The molecule has 0 aliphatic rings. The smallest absolute Gasteiger partial charge is 0.314 e. The Morgan fingerprint density at radius 2 is 1.67 bits per heavy atom. The molecule has 0 radical (unpaired) electrons. The Bertz CT molecular complexity index is 670. The van der Waals surface area contributed by atoms with Crippen LogP contribution in [0.3, 0.4) is 0 Å². The van der Waals surface area contributed by atoms with Crippen molar-refractivity contribution in [2.24, 2.45) is 5.92 Å². The van der Waals surface area contributed by atoms with Gasteiger partial charge in [0.1, 0.15) is 0 Å². The van der Waals surface area contributed by atoms with E-state index in [4.69, 9.17) is 0 Å². The molecule has 5 nitrogen and oxygen atoms in total. The van der Waals surface area contributed by atoms with E-state index in [1.54, 1.807) is 0 Å². The van der Waals surface area contributed by atoms with Crippen LogP contribution in [0.15, 0.2) is 27.8 Å². The molecule has 0 saturated carbocycles. The van der Waals surface area contributed by atoms with Crippen LogP contribution in [0.4, 0.5) is 0 Å². The molecule has 5 heteroatoms. The fourth-order valence-corrected chi connectivity index (χ4v) is 2.21. The molecule has 1 heterocycles. The Morgan fingerprint density at radius 3 is 2.22 bits per heavy atom. The van der Waals surface area contributed by atoms with Crippen molar-refractivity contribution in [3.05, 3.63) is 44.5 Å². The molecule has 1 aromatic carbocycles. The summed E-state index contributed by atoms with van der Waals surface area (Å²) in [7, 11) is 1.91. The van der Waals surface area contributed by atoms with Gasteiger partial charge < -0.3 is 15.3 Å². The van der Waals surface area contributed by atoms with Gasteiger partial charge in [0, 0.05) is 6.04 Å². The Balaban J connectivity index is 2.60. The lowest BCUT2D eigenvalue weighted by Gasteiger charge is -2.20. The lowest BCUT2D eigenvalue weighted by Crippen LogP contribution is -2.29. The van der Waals surface area contributed by atoms with Crippen LogP contribution in [0.1, 0.15) is 25.5 Å². The fourth-order valence-electron chi connectivity index (χ4n) is 2.21. The van der Waals surface area contributed by atoms with Gasteiger partial charge in [0.05, 0.1) is 11.0 Å². The minimum absolute atomic E-state index is 0.213. The van der Waals surface area contributed by atoms with Crippen molar-refractivity contribution in [2.75, 3.05) is 7.05 Å². The molecular weight excluding hydrogens is 230 g/mol. The van der Waals surface area contributed by atoms with Gasteiger partial charge in [-0.15, -0.1) is 0 Å². The van der Waals surface area contributed by atoms with Crippen molar-refractivity contribution < 1.29 is 0 Å². The molecule has 1 atom stereocenters. The van der Waals surface area contributed by atoms with E-state index in [1.165, 1.54) is 0 Å². The molecule has 96 valence electrons. The topological polar surface area (TPSA) is 77.8 Å². The summed E-state index contributed by atoms with van der Waals surface area (Å²) in [6, 6.07) is 5.88. The number of hydrogen-bond donors (Lipinski definition) is 3. The average molecular weight is 247 g/mol. The van der Waals surface area contributed by atoms with Gasteiger partial charge in [-0.05, 0) is 30.7 Å². The Morgan fingerprint density at radius 1 is 1.06 bits per heavy atom. The molecule has 0 bridgehead atoms. The lowest BCUT2D eigenvalue weighted by molar-refractivity contribution is 0.443.